The van der Waals surface area contributed by atoms with Crippen molar-refractivity contribution >= 4 is 17.5 Å². The molecule has 0 N–H and O–H groups in total. The summed E-state index contributed by atoms with van der Waals surface area (Å²) in [4.78, 5) is 16.6. The zero-order valence-corrected chi connectivity index (χ0v) is 13.7. The third-order valence-electron chi connectivity index (χ3n) is 5.25. The smallest absolute Gasteiger partial charge is 0.257 e. The number of halogens is 2. The Labute approximate surface area is 140 Å². The zero-order valence-electron chi connectivity index (χ0n) is 12.9. The number of rotatable bonds is 2. The molecule has 23 heavy (non-hydrogen) atoms. The largest absolute Gasteiger partial charge is 0.370 e. The lowest BCUT2D eigenvalue weighted by atomic mass is 9.88. The Morgan fingerprint density at radius 3 is 2.78 bits per heavy atom. The van der Waals surface area contributed by atoms with Gasteiger partial charge in [0.1, 0.15) is 11.4 Å². The van der Waals surface area contributed by atoms with Crippen LogP contribution in [0.1, 0.15) is 29.6 Å². The summed E-state index contributed by atoms with van der Waals surface area (Å²) in [6.45, 7) is 4.14. The lowest BCUT2D eigenvalue weighted by Crippen LogP contribution is -2.63. The summed E-state index contributed by atoms with van der Waals surface area (Å²) in [5.74, 6) is -0.827. The predicted octanol–water partition coefficient (Wildman–Crippen LogP) is 2.56. The molecule has 1 spiro atoms. The maximum absolute atomic E-state index is 13.8. The molecule has 4 nitrogen and oxygen atoms in total. The molecule has 1 atom stereocenters. The number of carbonyl (C=O) groups is 1. The van der Waals surface area contributed by atoms with Gasteiger partial charge in [0.2, 0.25) is 0 Å². The number of hydrogen-bond acceptors (Lipinski definition) is 3. The van der Waals surface area contributed by atoms with Crippen LogP contribution in [0.4, 0.5) is 4.39 Å². The standard InChI is InChI=1S/C17H20ClFN2O2/c18-12-3-4-15(19)14(7-12)16(22)21-10-17(11-21)8-13(9-23-17)20-5-1-2-6-20/h3-4,7,13H,1-2,5-6,8-11H2. The Morgan fingerprint density at radius 1 is 1.30 bits per heavy atom. The van der Waals surface area contributed by atoms with Crippen molar-refractivity contribution in [3.8, 4) is 0 Å². The van der Waals surface area contributed by atoms with Gasteiger partial charge in [-0.05, 0) is 50.6 Å². The first-order valence-electron chi connectivity index (χ1n) is 8.19. The highest BCUT2D eigenvalue weighted by Gasteiger charge is 2.52. The number of ether oxygens (including phenoxy) is 1. The Kier molecular flexibility index (Phi) is 3.82. The predicted molar refractivity (Wildman–Crippen MR) is 85.2 cm³/mol. The fraction of sp³-hybridized carbons (Fsp3) is 0.588. The first kappa shape index (κ1) is 15.4. The van der Waals surface area contributed by atoms with Gasteiger partial charge in [0.15, 0.2) is 0 Å². The van der Waals surface area contributed by atoms with E-state index in [-0.39, 0.29) is 17.1 Å². The van der Waals surface area contributed by atoms with Crippen molar-refractivity contribution < 1.29 is 13.9 Å². The molecule has 6 heteroatoms. The summed E-state index contributed by atoms with van der Waals surface area (Å²) in [5, 5.41) is 0.371. The lowest BCUT2D eigenvalue weighted by Gasteiger charge is -2.47. The summed E-state index contributed by atoms with van der Waals surface area (Å²) in [6.07, 6.45) is 3.50. The Balaban J connectivity index is 1.39. The van der Waals surface area contributed by atoms with Crippen molar-refractivity contribution in [2.75, 3.05) is 32.8 Å². The number of hydrogen-bond donors (Lipinski definition) is 0. The van der Waals surface area contributed by atoms with Crippen molar-refractivity contribution in [1.82, 2.24) is 9.80 Å². The summed E-state index contributed by atoms with van der Waals surface area (Å²) >= 11 is 5.87. The normalized spacial score (nSPS) is 26.7. The number of carbonyl (C=O) groups excluding carboxylic acids is 1. The van der Waals surface area contributed by atoms with Gasteiger partial charge in [-0.1, -0.05) is 11.6 Å². The maximum atomic E-state index is 13.8. The van der Waals surface area contributed by atoms with E-state index in [0.29, 0.717) is 24.2 Å². The minimum Gasteiger partial charge on any atom is -0.370 e. The first-order chi connectivity index (χ1) is 11.1. The SMILES string of the molecule is O=C(c1cc(Cl)ccc1F)N1CC2(CC(N3CCCC3)CO2)C1. The molecule has 0 saturated carbocycles. The fourth-order valence-corrected chi connectivity index (χ4v) is 4.18. The van der Waals surface area contributed by atoms with Crippen LogP contribution in [-0.2, 0) is 4.74 Å². The van der Waals surface area contributed by atoms with Crippen molar-refractivity contribution in [3.05, 3.63) is 34.6 Å². The van der Waals surface area contributed by atoms with E-state index in [1.54, 1.807) is 4.90 Å². The van der Waals surface area contributed by atoms with Gasteiger partial charge in [-0.3, -0.25) is 9.69 Å². The monoisotopic (exact) mass is 338 g/mol. The van der Waals surface area contributed by atoms with Crippen LogP contribution >= 0.6 is 11.6 Å². The Hall–Kier alpha value is -1.17. The second-order valence-electron chi connectivity index (χ2n) is 6.88. The average Bonchev–Trinajstić information content (AvgIpc) is 3.15. The number of nitrogens with zero attached hydrogens (tertiary/aromatic N) is 2. The molecule has 1 unspecified atom stereocenters. The molecule has 3 aliphatic heterocycles. The molecule has 4 rings (SSSR count). The molecule has 1 aromatic carbocycles. The number of benzene rings is 1. The van der Waals surface area contributed by atoms with Gasteiger partial charge >= 0.3 is 0 Å². The van der Waals surface area contributed by atoms with Crippen LogP contribution in [0.25, 0.3) is 0 Å². The van der Waals surface area contributed by atoms with Crippen LogP contribution in [0.2, 0.25) is 5.02 Å². The molecular formula is C17H20ClFN2O2. The van der Waals surface area contributed by atoms with E-state index in [1.807, 2.05) is 0 Å². The highest BCUT2D eigenvalue weighted by Crippen LogP contribution is 2.38. The molecular weight excluding hydrogens is 319 g/mol. The molecule has 0 aliphatic carbocycles. The molecule has 0 bridgehead atoms. The molecule has 3 fully saturated rings. The Bertz CT molecular complexity index is 627. The number of likely N-dealkylation sites (tertiary alicyclic amines) is 2. The third-order valence-corrected chi connectivity index (χ3v) is 5.49. The molecule has 3 aliphatic rings. The second-order valence-corrected chi connectivity index (χ2v) is 7.32. The quantitative estimate of drug-likeness (QED) is 0.831. The van der Waals surface area contributed by atoms with Crippen molar-refractivity contribution in [1.29, 1.82) is 0 Å². The van der Waals surface area contributed by atoms with Crippen LogP contribution in [-0.4, -0.2) is 60.1 Å². The van der Waals surface area contributed by atoms with E-state index in [1.165, 1.54) is 31.0 Å². The molecule has 3 heterocycles. The van der Waals surface area contributed by atoms with Gasteiger partial charge < -0.3 is 9.64 Å². The fourth-order valence-electron chi connectivity index (χ4n) is 4.01. The van der Waals surface area contributed by atoms with Crippen LogP contribution in [0.15, 0.2) is 18.2 Å². The van der Waals surface area contributed by atoms with Crippen LogP contribution < -0.4 is 0 Å². The van der Waals surface area contributed by atoms with Crippen molar-refractivity contribution in [3.63, 3.8) is 0 Å². The van der Waals surface area contributed by atoms with Crippen LogP contribution in [0, 0.1) is 5.82 Å². The molecule has 0 aromatic heterocycles. The first-order valence-corrected chi connectivity index (χ1v) is 8.56. The van der Waals surface area contributed by atoms with E-state index in [2.05, 4.69) is 4.90 Å². The lowest BCUT2D eigenvalue weighted by molar-refractivity contribution is -0.0951. The van der Waals surface area contributed by atoms with E-state index in [0.717, 1.165) is 26.1 Å². The summed E-state index contributed by atoms with van der Waals surface area (Å²) in [7, 11) is 0. The van der Waals surface area contributed by atoms with E-state index in [4.69, 9.17) is 16.3 Å². The van der Waals surface area contributed by atoms with Gasteiger partial charge in [0, 0.05) is 11.1 Å². The van der Waals surface area contributed by atoms with Gasteiger partial charge in [-0.2, -0.15) is 0 Å². The topological polar surface area (TPSA) is 32.8 Å². The van der Waals surface area contributed by atoms with Crippen molar-refractivity contribution in [2.45, 2.75) is 30.9 Å². The van der Waals surface area contributed by atoms with Crippen LogP contribution in [0.3, 0.4) is 0 Å². The third kappa shape index (κ3) is 2.75. The minimum atomic E-state index is -0.525. The highest BCUT2D eigenvalue weighted by molar-refractivity contribution is 6.31. The molecule has 0 radical (unpaired) electrons. The molecule has 124 valence electrons. The van der Waals surface area contributed by atoms with Gasteiger partial charge in [0.05, 0.1) is 25.3 Å². The molecule has 1 aromatic rings. The molecule has 1 amide bonds. The minimum absolute atomic E-state index is 0.0430. The van der Waals surface area contributed by atoms with E-state index >= 15 is 0 Å². The van der Waals surface area contributed by atoms with E-state index < -0.39 is 5.82 Å². The van der Waals surface area contributed by atoms with Gasteiger partial charge in [-0.15, -0.1) is 0 Å². The highest BCUT2D eigenvalue weighted by atomic mass is 35.5. The maximum Gasteiger partial charge on any atom is 0.257 e. The summed E-state index contributed by atoms with van der Waals surface area (Å²) in [6, 6.07) is 4.55. The number of amides is 1. The zero-order chi connectivity index (χ0) is 16.0. The summed E-state index contributed by atoms with van der Waals surface area (Å²) < 4.78 is 19.8. The summed E-state index contributed by atoms with van der Waals surface area (Å²) in [5.41, 5.74) is -0.181. The average molecular weight is 339 g/mol. The Morgan fingerprint density at radius 2 is 2.04 bits per heavy atom. The van der Waals surface area contributed by atoms with E-state index in [9.17, 15) is 9.18 Å². The van der Waals surface area contributed by atoms with Crippen LogP contribution in [0.5, 0.6) is 0 Å². The second kappa shape index (κ2) is 5.72. The van der Waals surface area contributed by atoms with Gasteiger partial charge in [0.25, 0.3) is 5.91 Å². The molecule has 3 saturated heterocycles. The van der Waals surface area contributed by atoms with Gasteiger partial charge in [-0.25, -0.2) is 4.39 Å². The van der Waals surface area contributed by atoms with Crippen molar-refractivity contribution in [2.24, 2.45) is 0 Å².